The fourth-order valence-corrected chi connectivity index (χ4v) is 3.53. The van der Waals surface area contributed by atoms with Crippen molar-refractivity contribution in [3.63, 3.8) is 0 Å². The van der Waals surface area contributed by atoms with Crippen LogP contribution in [-0.4, -0.2) is 82.3 Å². The summed E-state index contributed by atoms with van der Waals surface area (Å²) < 4.78 is 10.9. The van der Waals surface area contributed by atoms with Crippen LogP contribution in [0.1, 0.15) is 44.4 Å². The van der Waals surface area contributed by atoms with Crippen LogP contribution in [0, 0.1) is 0 Å². The molecule has 1 aliphatic heterocycles. The first kappa shape index (κ1) is 26.2. The van der Waals surface area contributed by atoms with Crippen LogP contribution >= 0.6 is 24.0 Å². The van der Waals surface area contributed by atoms with E-state index in [0.717, 1.165) is 64.0 Å². The lowest BCUT2D eigenvalue weighted by Gasteiger charge is -2.32. The summed E-state index contributed by atoms with van der Waals surface area (Å²) in [4.78, 5) is 9.67. The largest absolute Gasteiger partial charge is 0.468 e. The molecule has 29 heavy (non-hydrogen) atoms. The molecule has 0 saturated carbocycles. The standard InChI is InChI=1S/C21H39N5O2.HI/c1-4-22-21(23-11-9-12-25(2)15-17-27-3)24-18-19(20-10-8-16-28-20)26-13-6-5-7-14-26;/h8,10,16,19H,4-7,9,11-15,17-18H2,1-3H3,(H2,22,23,24);1H. The Morgan fingerprint density at radius 1 is 1.28 bits per heavy atom. The highest BCUT2D eigenvalue weighted by atomic mass is 127. The van der Waals surface area contributed by atoms with Crippen molar-refractivity contribution >= 4 is 29.9 Å². The van der Waals surface area contributed by atoms with Gasteiger partial charge in [0.25, 0.3) is 0 Å². The van der Waals surface area contributed by atoms with Crippen molar-refractivity contribution in [2.75, 3.05) is 66.6 Å². The zero-order valence-corrected chi connectivity index (χ0v) is 20.7. The van der Waals surface area contributed by atoms with E-state index in [4.69, 9.17) is 14.1 Å². The van der Waals surface area contributed by atoms with Crippen molar-refractivity contribution in [2.45, 2.75) is 38.6 Å². The number of nitrogens with one attached hydrogen (secondary N) is 2. The van der Waals surface area contributed by atoms with Crippen LogP contribution in [-0.2, 0) is 4.74 Å². The summed E-state index contributed by atoms with van der Waals surface area (Å²) in [5.41, 5.74) is 0. The fourth-order valence-electron chi connectivity index (χ4n) is 3.53. The van der Waals surface area contributed by atoms with Gasteiger partial charge in [0.2, 0.25) is 0 Å². The molecule has 7 nitrogen and oxygen atoms in total. The predicted molar refractivity (Wildman–Crippen MR) is 130 cm³/mol. The molecule has 2 N–H and O–H groups in total. The van der Waals surface area contributed by atoms with Crippen LogP contribution in [0.2, 0.25) is 0 Å². The monoisotopic (exact) mass is 521 g/mol. The number of nitrogens with zero attached hydrogens (tertiary/aromatic N) is 3. The van der Waals surface area contributed by atoms with Gasteiger partial charge in [0.15, 0.2) is 5.96 Å². The molecule has 0 bridgehead atoms. The number of ether oxygens (including phenoxy) is 1. The Hall–Kier alpha value is -0.840. The lowest BCUT2D eigenvalue weighted by Crippen LogP contribution is -2.40. The number of rotatable bonds is 12. The van der Waals surface area contributed by atoms with Crippen molar-refractivity contribution in [3.8, 4) is 0 Å². The van der Waals surface area contributed by atoms with Crippen LogP contribution in [0.4, 0.5) is 0 Å². The Bertz CT molecular complexity index is 535. The lowest BCUT2D eigenvalue weighted by molar-refractivity contribution is 0.150. The quantitative estimate of drug-likeness (QED) is 0.191. The summed E-state index contributed by atoms with van der Waals surface area (Å²) in [6, 6.07) is 4.26. The Morgan fingerprint density at radius 3 is 2.72 bits per heavy atom. The first-order valence-electron chi connectivity index (χ1n) is 10.7. The van der Waals surface area contributed by atoms with Crippen molar-refractivity contribution < 1.29 is 9.15 Å². The van der Waals surface area contributed by atoms with Crippen LogP contribution in [0.5, 0.6) is 0 Å². The van der Waals surface area contributed by atoms with E-state index in [1.807, 2.05) is 6.07 Å². The molecule has 0 spiro atoms. The van der Waals surface area contributed by atoms with Gasteiger partial charge >= 0.3 is 0 Å². The summed E-state index contributed by atoms with van der Waals surface area (Å²) in [7, 11) is 3.87. The zero-order valence-electron chi connectivity index (χ0n) is 18.4. The molecular formula is C21H40IN5O2. The molecule has 1 aliphatic rings. The number of likely N-dealkylation sites (tertiary alicyclic amines) is 1. The molecule has 0 amide bonds. The highest BCUT2D eigenvalue weighted by Crippen LogP contribution is 2.25. The summed E-state index contributed by atoms with van der Waals surface area (Å²) >= 11 is 0. The number of guanidine groups is 1. The van der Waals surface area contributed by atoms with Crippen LogP contribution in [0.25, 0.3) is 0 Å². The number of piperidine rings is 1. The number of hydrogen-bond donors (Lipinski definition) is 2. The minimum atomic E-state index is 0. The molecule has 1 atom stereocenters. The van der Waals surface area contributed by atoms with Crippen LogP contribution in [0.15, 0.2) is 27.8 Å². The summed E-state index contributed by atoms with van der Waals surface area (Å²) in [5.74, 6) is 1.90. The topological polar surface area (TPSA) is 65.3 Å². The average Bonchev–Trinajstić information content (AvgIpc) is 3.25. The van der Waals surface area contributed by atoms with Crippen molar-refractivity contribution in [3.05, 3.63) is 24.2 Å². The SMILES string of the molecule is CCNC(=NCC(c1ccco1)N1CCCCC1)NCCCN(C)CCOC.I. The predicted octanol–water partition coefficient (Wildman–Crippen LogP) is 2.95. The number of methoxy groups -OCH3 is 1. The number of hydrogen-bond acceptors (Lipinski definition) is 5. The van der Waals surface area contributed by atoms with Gasteiger partial charge in [0.05, 0.1) is 25.5 Å². The zero-order chi connectivity index (χ0) is 20.0. The second-order valence-electron chi connectivity index (χ2n) is 7.42. The Balaban J connectivity index is 0.00000420. The normalized spacial score (nSPS) is 16.5. The minimum absolute atomic E-state index is 0. The van der Waals surface area contributed by atoms with Gasteiger partial charge < -0.3 is 24.7 Å². The first-order chi connectivity index (χ1) is 13.7. The third-order valence-corrected chi connectivity index (χ3v) is 5.16. The van der Waals surface area contributed by atoms with Crippen molar-refractivity contribution in [2.24, 2.45) is 4.99 Å². The average molecular weight is 521 g/mol. The molecule has 2 heterocycles. The maximum Gasteiger partial charge on any atom is 0.191 e. The summed E-state index contributed by atoms with van der Waals surface area (Å²) in [6.45, 7) is 9.59. The molecule has 1 fully saturated rings. The molecule has 0 aliphatic carbocycles. The highest BCUT2D eigenvalue weighted by molar-refractivity contribution is 14.0. The second kappa shape index (κ2) is 15.9. The highest BCUT2D eigenvalue weighted by Gasteiger charge is 2.24. The van der Waals surface area contributed by atoms with Crippen LogP contribution in [0.3, 0.4) is 0 Å². The van der Waals surface area contributed by atoms with Gasteiger partial charge in [-0.3, -0.25) is 9.89 Å². The number of likely N-dealkylation sites (N-methyl/N-ethyl adjacent to an activating group) is 1. The van der Waals surface area contributed by atoms with E-state index in [1.165, 1.54) is 19.3 Å². The van der Waals surface area contributed by atoms with Gasteiger partial charge in [0.1, 0.15) is 5.76 Å². The molecule has 2 rings (SSSR count). The number of halogens is 1. The third-order valence-electron chi connectivity index (χ3n) is 5.16. The molecule has 1 saturated heterocycles. The molecule has 1 aromatic heterocycles. The van der Waals surface area contributed by atoms with Gasteiger partial charge in [-0.05, 0) is 65.0 Å². The molecule has 0 aromatic carbocycles. The molecule has 1 unspecified atom stereocenters. The van der Waals surface area contributed by atoms with Gasteiger partial charge in [-0.25, -0.2) is 0 Å². The molecular weight excluding hydrogens is 481 g/mol. The molecule has 168 valence electrons. The van der Waals surface area contributed by atoms with Gasteiger partial charge in [-0.1, -0.05) is 6.42 Å². The first-order valence-corrected chi connectivity index (χ1v) is 10.7. The summed E-state index contributed by atoms with van der Waals surface area (Å²) in [5, 5.41) is 6.83. The Labute approximate surface area is 193 Å². The van der Waals surface area contributed by atoms with Crippen LogP contribution < -0.4 is 10.6 Å². The maximum absolute atomic E-state index is 5.73. The number of aliphatic imine (C=N–C) groups is 1. The van der Waals surface area contributed by atoms with Gasteiger partial charge in [0, 0.05) is 26.7 Å². The smallest absolute Gasteiger partial charge is 0.191 e. The van der Waals surface area contributed by atoms with Crippen molar-refractivity contribution in [1.82, 2.24) is 20.4 Å². The van der Waals surface area contributed by atoms with E-state index in [-0.39, 0.29) is 30.0 Å². The molecule has 0 radical (unpaired) electrons. The van der Waals surface area contributed by atoms with Gasteiger partial charge in [-0.2, -0.15) is 0 Å². The maximum atomic E-state index is 5.73. The van der Waals surface area contributed by atoms with E-state index in [0.29, 0.717) is 6.54 Å². The Kier molecular flexibility index (Phi) is 14.4. The summed E-state index contributed by atoms with van der Waals surface area (Å²) in [6.07, 6.45) is 6.68. The van der Waals surface area contributed by atoms with E-state index < -0.39 is 0 Å². The Morgan fingerprint density at radius 2 is 2.07 bits per heavy atom. The molecule has 1 aromatic rings. The van der Waals surface area contributed by atoms with E-state index in [9.17, 15) is 0 Å². The number of furan rings is 1. The van der Waals surface area contributed by atoms with E-state index in [1.54, 1.807) is 13.4 Å². The molecule has 8 heteroatoms. The minimum Gasteiger partial charge on any atom is -0.468 e. The van der Waals surface area contributed by atoms with Crippen molar-refractivity contribution in [1.29, 1.82) is 0 Å². The second-order valence-corrected chi connectivity index (χ2v) is 7.42. The van der Waals surface area contributed by atoms with E-state index in [2.05, 4.69) is 40.5 Å². The fraction of sp³-hybridized carbons (Fsp3) is 0.762. The van der Waals surface area contributed by atoms with Gasteiger partial charge in [-0.15, -0.1) is 24.0 Å². The third kappa shape index (κ3) is 10.1. The van der Waals surface area contributed by atoms with E-state index >= 15 is 0 Å². The lowest BCUT2D eigenvalue weighted by atomic mass is 10.1.